The van der Waals surface area contributed by atoms with Crippen LogP contribution >= 0.6 is 0 Å². The third-order valence-electron chi connectivity index (χ3n) is 6.70. The molecule has 0 aromatic heterocycles. The van der Waals surface area contributed by atoms with Crippen LogP contribution in [0, 0.1) is 0 Å². The summed E-state index contributed by atoms with van der Waals surface area (Å²) in [6.07, 6.45) is 1.94. The number of rotatable bonds is 1. The Morgan fingerprint density at radius 2 is 1.57 bits per heavy atom. The van der Waals surface area contributed by atoms with Crippen LogP contribution in [0.2, 0.25) is 0 Å². The third-order valence-corrected chi connectivity index (χ3v) is 6.70. The highest BCUT2D eigenvalue weighted by atomic mass is 16.5. The number of ether oxygens (including phenoxy) is 1. The first-order chi connectivity index (χ1) is 14.7. The summed E-state index contributed by atoms with van der Waals surface area (Å²) in [5, 5.41) is 22.6. The predicted molar refractivity (Wildman–Crippen MR) is 117 cm³/mol. The second kappa shape index (κ2) is 6.53. The second-order valence-electron chi connectivity index (χ2n) is 8.38. The van der Waals surface area contributed by atoms with Crippen molar-refractivity contribution in [3.63, 3.8) is 0 Å². The molecular weight excluding hydrogens is 372 g/mol. The Bertz CT molecular complexity index is 1260. The third kappa shape index (κ3) is 2.58. The van der Waals surface area contributed by atoms with Gasteiger partial charge in [0.1, 0.15) is 23.4 Å². The molecule has 3 unspecified atom stereocenters. The van der Waals surface area contributed by atoms with E-state index in [-0.39, 0.29) is 23.7 Å². The van der Waals surface area contributed by atoms with Gasteiger partial charge in [0.05, 0.1) is 0 Å². The Morgan fingerprint density at radius 1 is 0.800 bits per heavy atom. The van der Waals surface area contributed by atoms with Gasteiger partial charge in [0, 0.05) is 17.4 Å². The molecule has 4 aromatic rings. The molecule has 3 nitrogen and oxygen atoms in total. The molecule has 4 aromatic carbocycles. The molecule has 0 amide bonds. The van der Waals surface area contributed by atoms with E-state index in [1.54, 1.807) is 12.1 Å². The van der Waals surface area contributed by atoms with Crippen LogP contribution in [0.25, 0.3) is 10.8 Å². The van der Waals surface area contributed by atoms with Crippen LogP contribution in [0.15, 0.2) is 78.9 Å². The van der Waals surface area contributed by atoms with E-state index in [9.17, 15) is 10.2 Å². The normalized spacial score (nSPS) is 21.9. The van der Waals surface area contributed by atoms with E-state index in [2.05, 4.69) is 36.4 Å². The maximum absolute atomic E-state index is 10.3. The lowest BCUT2D eigenvalue weighted by atomic mass is 9.67. The smallest absolute Gasteiger partial charge is 0.124 e. The SMILES string of the molecule is Oc1ccc2c(c1)C1C(CC2)Oc2ccc3ccc(O)cc3c2C1c1ccccc1. The minimum Gasteiger partial charge on any atom is -0.508 e. The van der Waals surface area contributed by atoms with Gasteiger partial charge in [0.25, 0.3) is 0 Å². The number of hydrogen-bond donors (Lipinski definition) is 2. The molecule has 0 saturated carbocycles. The van der Waals surface area contributed by atoms with E-state index in [1.165, 1.54) is 16.7 Å². The largest absolute Gasteiger partial charge is 0.508 e. The maximum Gasteiger partial charge on any atom is 0.124 e. The Balaban J connectivity index is 1.67. The maximum atomic E-state index is 10.3. The zero-order valence-electron chi connectivity index (χ0n) is 16.5. The Kier molecular flexibility index (Phi) is 3.79. The molecule has 0 fully saturated rings. The number of aromatic hydroxyl groups is 2. The molecule has 148 valence electrons. The fourth-order valence-corrected chi connectivity index (χ4v) is 5.44. The van der Waals surface area contributed by atoms with Crippen molar-refractivity contribution in [1.29, 1.82) is 0 Å². The summed E-state index contributed by atoms with van der Waals surface area (Å²) in [7, 11) is 0. The standard InChI is InChI=1S/C27H22O3/c28-19-10-6-16-8-12-23-26(21(16)14-19)25(18-4-2-1-3-5-18)27-22-15-20(29)11-7-17(22)9-13-24(27)30-23/h1-8,10-12,14-15,24-25,27-29H,9,13H2. The van der Waals surface area contributed by atoms with E-state index in [1.807, 2.05) is 30.3 Å². The van der Waals surface area contributed by atoms with Crippen LogP contribution in [-0.4, -0.2) is 16.3 Å². The molecule has 1 heterocycles. The number of aryl methyl sites for hydroxylation is 1. The van der Waals surface area contributed by atoms with Gasteiger partial charge in [-0.05, 0) is 70.6 Å². The summed E-state index contributed by atoms with van der Waals surface area (Å²) in [5.74, 6) is 1.62. The van der Waals surface area contributed by atoms with Crippen LogP contribution in [0.5, 0.6) is 17.2 Å². The molecular formula is C27H22O3. The molecule has 0 saturated heterocycles. The minimum atomic E-state index is 0.0479. The zero-order valence-corrected chi connectivity index (χ0v) is 16.5. The quantitative estimate of drug-likeness (QED) is 0.424. The van der Waals surface area contributed by atoms with E-state index >= 15 is 0 Å². The molecule has 3 atom stereocenters. The van der Waals surface area contributed by atoms with Crippen molar-refractivity contribution in [3.05, 3.63) is 101 Å². The Hall–Kier alpha value is -3.46. The van der Waals surface area contributed by atoms with E-state index in [0.29, 0.717) is 5.75 Å². The zero-order chi connectivity index (χ0) is 20.2. The lowest BCUT2D eigenvalue weighted by Gasteiger charge is -2.44. The molecule has 2 aliphatic rings. The number of fused-ring (bicyclic) bond motifs is 6. The van der Waals surface area contributed by atoms with Gasteiger partial charge in [-0.3, -0.25) is 0 Å². The van der Waals surface area contributed by atoms with E-state index < -0.39 is 0 Å². The summed E-state index contributed by atoms with van der Waals surface area (Å²) in [4.78, 5) is 0. The van der Waals surface area contributed by atoms with Gasteiger partial charge in [0.2, 0.25) is 0 Å². The van der Waals surface area contributed by atoms with Gasteiger partial charge < -0.3 is 14.9 Å². The van der Waals surface area contributed by atoms with Crippen molar-refractivity contribution in [1.82, 2.24) is 0 Å². The average Bonchev–Trinajstić information content (AvgIpc) is 2.77. The molecule has 1 aliphatic heterocycles. The molecule has 0 spiro atoms. The Morgan fingerprint density at radius 3 is 2.43 bits per heavy atom. The summed E-state index contributed by atoms with van der Waals surface area (Å²) in [5.41, 5.74) is 4.80. The highest BCUT2D eigenvalue weighted by Crippen LogP contribution is 2.54. The summed E-state index contributed by atoms with van der Waals surface area (Å²) in [6.45, 7) is 0. The molecule has 30 heavy (non-hydrogen) atoms. The van der Waals surface area contributed by atoms with Gasteiger partial charge in [-0.2, -0.15) is 0 Å². The van der Waals surface area contributed by atoms with Gasteiger partial charge in [-0.1, -0.05) is 48.5 Å². The molecule has 0 bridgehead atoms. The number of hydrogen-bond acceptors (Lipinski definition) is 3. The van der Waals surface area contributed by atoms with Crippen molar-refractivity contribution in [3.8, 4) is 17.2 Å². The van der Waals surface area contributed by atoms with Crippen LogP contribution in [0.4, 0.5) is 0 Å². The lowest BCUT2D eigenvalue weighted by molar-refractivity contribution is 0.123. The molecule has 0 radical (unpaired) electrons. The van der Waals surface area contributed by atoms with E-state index in [4.69, 9.17) is 4.74 Å². The van der Waals surface area contributed by atoms with Gasteiger partial charge >= 0.3 is 0 Å². The Labute approximate surface area is 175 Å². The summed E-state index contributed by atoms with van der Waals surface area (Å²) in [6, 6.07) is 26.0. The number of phenolic OH excluding ortho intramolecular Hbond substituents is 2. The summed E-state index contributed by atoms with van der Waals surface area (Å²) < 4.78 is 6.57. The van der Waals surface area contributed by atoms with Crippen molar-refractivity contribution in [2.75, 3.05) is 0 Å². The molecule has 6 rings (SSSR count). The minimum absolute atomic E-state index is 0.0479. The van der Waals surface area contributed by atoms with Crippen molar-refractivity contribution in [2.45, 2.75) is 30.8 Å². The van der Waals surface area contributed by atoms with Gasteiger partial charge in [-0.25, -0.2) is 0 Å². The first-order valence-electron chi connectivity index (χ1n) is 10.5. The summed E-state index contributed by atoms with van der Waals surface area (Å²) >= 11 is 0. The topological polar surface area (TPSA) is 49.7 Å². The highest BCUT2D eigenvalue weighted by molar-refractivity contribution is 5.90. The molecule has 1 aliphatic carbocycles. The van der Waals surface area contributed by atoms with Crippen molar-refractivity contribution < 1.29 is 14.9 Å². The molecule has 2 N–H and O–H groups in total. The first-order valence-corrected chi connectivity index (χ1v) is 10.5. The lowest BCUT2D eigenvalue weighted by Crippen LogP contribution is -2.38. The monoisotopic (exact) mass is 394 g/mol. The number of benzene rings is 4. The predicted octanol–water partition coefficient (Wildman–Crippen LogP) is 5.87. The van der Waals surface area contributed by atoms with Crippen LogP contribution in [0.1, 0.15) is 40.5 Å². The van der Waals surface area contributed by atoms with Crippen LogP contribution < -0.4 is 4.74 Å². The van der Waals surface area contributed by atoms with Crippen LogP contribution in [-0.2, 0) is 6.42 Å². The fourth-order valence-electron chi connectivity index (χ4n) is 5.44. The van der Waals surface area contributed by atoms with E-state index in [0.717, 1.165) is 34.9 Å². The number of phenols is 2. The van der Waals surface area contributed by atoms with Crippen LogP contribution in [0.3, 0.4) is 0 Å². The van der Waals surface area contributed by atoms with Gasteiger partial charge in [0.15, 0.2) is 0 Å². The van der Waals surface area contributed by atoms with Crippen molar-refractivity contribution >= 4 is 10.8 Å². The fraction of sp³-hybridized carbons (Fsp3) is 0.185. The van der Waals surface area contributed by atoms with Crippen molar-refractivity contribution in [2.24, 2.45) is 0 Å². The first kappa shape index (κ1) is 17.4. The van der Waals surface area contributed by atoms with Gasteiger partial charge in [-0.15, -0.1) is 0 Å². The average molecular weight is 394 g/mol. The highest BCUT2D eigenvalue weighted by Gasteiger charge is 2.43. The molecule has 3 heteroatoms. The second-order valence-corrected chi connectivity index (χ2v) is 8.38.